The summed E-state index contributed by atoms with van der Waals surface area (Å²) < 4.78 is 6.69. The Bertz CT molecular complexity index is 1090. The Hall–Kier alpha value is -2.67. The first-order chi connectivity index (χ1) is 15.7. The van der Waals surface area contributed by atoms with Crippen LogP contribution in [0.15, 0.2) is 51.4 Å². The molecule has 7 heteroatoms. The lowest BCUT2D eigenvalue weighted by molar-refractivity contribution is -0.137. The minimum absolute atomic E-state index is 0.00832. The molecule has 0 aromatic carbocycles. The lowest BCUT2D eigenvalue weighted by Crippen LogP contribution is -2.60. The first-order valence-electron chi connectivity index (χ1n) is 12.0. The van der Waals surface area contributed by atoms with E-state index in [4.69, 9.17) is 4.42 Å². The third-order valence-electron chi connectivity index (χ3n) is 7.90. The summed E-state index contributed by atoms with van der Waals surface area (Å²) in [4.78, 5) is 30.7. The summed E-state index contributed by atoms with van der Waals surface area (Å²) in [5.74, 6) is 1.72. The minimum atomic E-state index is -0.265. The number of aromatic nitrogens is 2. The van der Waals surface area contributed by atoms with Crippen LogP contribution in [0.1, 0.15) is 38.5 Å². The van der Waals surface area contributed by atoms with Gasteiger partial charge in [0.15, 0.2) is 5.76 Å². The lowest BCUT2D eigenvalue weighted by atomic mass is 9.68. The van der Waals surface area contributed by atoms with Crippen molar-refractivity contribution in [3.63, 3.8) is 0 Å². The average Bonchev–Trinajstić information content (AvgIpc) is 3.35. The van der Waals surface area contributed by atoms with Crippen molar-refractivity contribution >= 4 is 5.91 Å². The van der Waals surface area contributed by atoms with Gasteiger partial charge in [-0.25, -0.2) is 4.68 Å². The number of furan rings is 1. The van der Waals surface area contributed by atoms with Gasteiger partial charge >= 0.3 is 0 Å². The van der Waals surface area contributed by atoms with Crippen LogP contribution in [0.25, 0.3) is 11.5 Å². The van der Waals surface area contributed by atoms with E-state index in [-0.39, 0.29) is 24.1 Å². The molecule has 5 heterocycles. The number of hydrogen-bond acceptors (Lipinski definition) is 5. The van der Waals surface area contributed by atoms with Crippen LogP contribution in [0, 0.1) is 11.8 Å². The van der Waals surface area contributed by atoms with E-state index in [9.17, 15) is 9.59 Å². The van der Waals surface area contributed by atoms with Crippen molar-refractivity contribution in [3.05, 3.63) is 52.5 Å². The molecule has 2 aromatic rings. The molecule has 32 heavy (non-hydrogen) atoms. The molecule has 0 N–H and O–H groups in total. The molecule has 1 aliphatic carbocycles. The molecule has 2 bridgehead atoms. The van der Waals surface area contributed by atoms with Crippen molar-refractivity contribution in [2.75, 3.05) is 19.6 Å². The van der Waals surface area contributed by atoms with Gasteiger partial charge in [-0.1, -0.05) is 18.1 Å². The third kappa shape index (κ3) is 3.43. The van der Waals surface area contributed by atoms with Crippen LogP contribution in [-0.4, -0.2) is 57.2 Å². The van der Waals surface area contributed by atoms with Gasteiger partial charge in [-0.2, -0.15) is 5.10 Å². The van der Waals surface area contributed by atoms with Crippen LogP contribution in [-0.2, 0) is 11.3 Å². The number of carbonyl (C=O) groups is 1. The summed E-state index contributed by atoms with van der Waals surface area (Å²) in [6.07, 6.45) is 11.3. The van der Waals surface area contributed by atoms with Crippen molar-refractivity contribution in [1.82, 2.24) is 19.6 Å². The highest BCUT2D eigenvalue weighted by molar-refractivity contribution is 5.77. The maximum atomic E-state index is 13.5. The lowest BCUT2D eigenvalue weighted by Gasteiger charge is -2.54. The molecule has 7 nitrogen and oxygen atoms in total. The molecule has 4 atom stereocenters. The fourth-order valence-corrected chi connectivity index (χ4v) is 6.59. The molecule has 3 saturated heterocycles. The van der Waals surface area contributed by atoms with E-state index in [2.05, 4.69) is 16.1 Å². The van der Waals surface area contributed by atoms with E-state index < -0.39 is 0 Å². The molecule has 168 valence electrons. The first kappa shape index (κ1) is 20.0. The van der Waals surface area contributed by atoms with Gasteiger partial charge in [-0.3, -0.25) is 14.5 Å². The largest absolute Gasteiger partial charge is 0.463 e. The van der Waals surface area contributed by atoms with E-state index in [0.29, 0.717) is 29.3 Å². The van der Waals surface area contributed by atoms with Crippen molar-refractivity contribution in [3.8, 4) is 11.5 Å². The Kier molecular flexibility index (Phi) is 5.01. The highest BCUT2D eigenvalue weighted by Crippen LogP contribution is 2.45. The van der Waals surface area contributed by atoms with E-state index in [1.807, 2.05) is 4.90 Å². The zero-order valence-corrected chi connectivity index (χ0v) is 18.4. The summed E-state index contributed by atoms with van der Waals surface area (Å²) in [5.41, 5.74) is 1.75. The van der Waals surface area contributed by atoms with Gasteiger partial charge in [0.1, 0.15) is 12.2 Å². The normalized spacial score (nSPS) is 29.8. The number of carbonyl (C=O) groups excluding carboxylic acids is 1. The molecule has 4 aliphatic rings. The molecular formula is C25H30N4O3. The number of likely N-dealkylation sites (tertiary alicyclic amines) is 1. The number of hydrogen-bond donors (Lipinski definition) is 0. The Morgan fingerprint density at radius 2 is 2.09 bits per heavy atom. The quantitative estimate of drug-likeness (QED) is 0.695. The number of piperidine rings is 3. The summed E-state index contributed by atoms with van der Waals surface area (Å²) >= 11 is 0. The Morgan fingerprint density at radius 3 is 2.97 bits per heavy atom. The number of rotatable bonds is 3. The molecule has 0 spiro atoms. The van der Waals surface area contributed by atoms with Crippen LogP contribution in [0.2, 0.25) is 0 Å². The van der Waals surface area contributed by atoms with E-state index in [0.717, 1.165) is 25.9 Å². The summed E-state index contributed by atoms with van der Waals surface area (Å²) in [6.45, 7) is 3.03. The predicted octanol–water partition coefficient (Wildman–Crippen LogP) is 2.92. The van der Waals surface area contributed by atoms with Crippen molar-refractivity contribution in [2.45, 2.75) is 57.2 Å². The highest BCUT2D eigenvalue weighted by Gasteiger charge is 2.46. The Balaban J connectivity index is 1.26. The van der Waals surface area contributed by atoms with Crippen molar-refractivity contribution in [2.24, 2.45) is 11.8 Å². The van der Waals surface area contributed by atoms with Crippen molar-refractivity contribution < 1.29 is 9.21 Å². The number of amides is 1. The fraction of sp³-hybridized carbons (Fsp3) is 0.560. The second-order valence-corrected chi connectivity index (χ2v) is 9.79. The molecule has 2 aromatic heterocycles. The van der Waals surface area contributed by atoms with Gasteiger partial charge in [0.05, 0.1) is 12.3 Å². The molecule has 6 rings (SSSR count). The van der Waals surface area contributed by atoms with Crippen LogP contribution in [0.3, 0.4) is 0 Å². The van der Waals surface area contributed by atoms with Crippen LogP contribution >= 0.6 is 0 Å². The highest BCUT2D eigenvalue weighted by atomic mass is 16.3. The molecular weight excluding hydrogens is 404 g/mol. The summed E-state index contributed by atoms with van der Waals surface area (Å²) in [5, 5.41) is 4.41. The maximum absolute atomic E-state index is 13.5. The zero-order valence-electron chi connectivity index (χ0n) is 18.4. The molecule has 0 unspecified atom stereocenters. The van der Waals surface area contributed by atoms with Crippen molar-refractivity contribution in [1.29, 1.82) is 0 Å². The molecule has 0 saturated carbocycles. The number of nitrogens with zero attached hydrogens (tertiary/aromatic N) is 4. The standard InChI is InChI=1S/C25H30N4O3/c30-23-9-8-20(22-7-4-12-32-22)26-29(23)16-24(31)28-11-3-5-17-13-18-14-19(25(17)28)15-27-10-2-1-6-21(18)27/h4,7-9,12-13,18-19,21,25H,1-3,5-6,10-11,14-16H2/t18-,19-,21+,25+/m0/s1. The minimum Gasteiger partial charge on any atom is -0.463 e. The van der Waals surface area contributed by atoms with Crippen LogP contribution in [0.5, 0.6) is 0 Å². The van der Waals surface area contributed by atoms with E-state index >= 15 is 0 Å². The van der Waals surface area contributed by atoms with E-state index in [1.165, 1.54) is 48.5 Å². The SMILES string of the molecule is O=C(Cn1nc(-c2ccco2)ccc1=O)N1CCCC2=C[C@H]3C[C@@H](CN4CCCC[C@H]34)[C@@H]21. The second kappa shape index (κ2) is 8.03. The fourth-order valence-electron chi connectivity index (χ4n) is 6.59. The second-order valence-electron chi connectivity index (χ2n) is 9.79. The van der Waals surface area contributed by atoms with E-state index in [1.54, 1.807) is 24.5 Å². The molecule has 0 radical (unpaired) electrons. The molecule has 3 fully saturated rings. The summed E-state index contributed by atoms with van der Waals surface area (Å²) in [6, 6.07) is 7.57. The van der Waals surface area contributed by atoms with Gasteiger partial charge < -0.3 is 9.32 Å². The van der Waals surface area contributed by atoms with Gasteiger partial charge in [0.2, 0.25) is 5.91 Å². The number of fused-ring (bicyclic) bond motifs is 6. The monoisotopic (exact) mass is 434 g/mol. The molecule has 3 aliphatic heterocycles. The first-order valence-corrected chi connectivity index (χ1v) is 12.0. The van der Waals surface area contributed by atoms with Gasteiger partial charge in [-0.05, 0) is 68.7 Å². The Morgan fingerprint density at radius 1 is 1.16 bits per heavy atom. The summed E-state index contributed by atoms with van der Waals surface area (Å²) in [7, 11) is 0. The smallest absolute Gasteiger partial charge is 0.267 e. The maximum Gasteiger partial charge on any atom is 0.267 e. The van der Waals surface area contributed by atoms with Crippen LogP contribution in [0.4, 0.5) is 0 Å². The van der Waals surface area contributed by atoms with Crippen LogP contribution < -0.4 is 5.56 Å². The van der Waals surface area contributed by atoms with Gasteiger partial charge in [-0.15, -0.1) is 0 Å². The Labute approximate surface area is 187 Å². The average molecular weight is 435 g/mol. The predicted molar refractivity (Wildman–Crippen MR) is 120 cm³/mol. The zero-order chi connectivity index (χ0) is 21.7. The molecule has 1 amide bonds. The third-order valence-corrected chi connectivity index (χ3v) is 7.90. The topological polar surface area (TPSA) is 71.6 Å². The van der Waals surface area contributed by atoms with Gasteiger partial charge in [0, 0.05) is 25.2 Å². The van der Waals surface area contributed by atoms with Gasteiger partial charge in [0.25, 0.3) is 5.56 Å².